The van der Waals surface area contributed by atoms with E-state index < -0.39 is 0 Å². The molecule has 4 heteroatoms. The van der Waals surface area contributed by atoms with Crippen molar-refractivity contribution >= 4 is 16.9 Å². The molecule has 1 N–H and O–H groups in total. The fourth-order valence-corrected chi connectivity index (χ4v) is 1.95. The number of benzene rings is 1. The Balaban J connectivity index is 1.59. The molecule has 0 radical (unpaired) electrons. The Morgan fingerprint density at radius 1 is 1.16 bits per heavy atom. The third-order valence-electron chi connectivity index (χ3n) is 2.88. The minimum atomic E-state index is -0.207. The lowest BCUT2D eigenvalue weighted by Crippen LogP contribution is -2.25. The van der Waals surface area contributed by atoms with Crippen LogP contribution in [-0.4, -0.2) is 12.5 Å². The number of amides is 1. The summed E-state index contributed by atoms with van der Waals surface area (Å²) in [5.41, 5.74) is 0.870. The van der Waals surface area contributed by atoms with E-state index in [0.29, 0.717) is 18.7 Å². The van der Waals surface area contributed by atoms with Gasteiger partial charge in [-0.25, -0.2) is 0 Å². The highest BCUT2D eigenvalue weighted by Gasteiger charge is 2.08. The molecule has 0 atom stereocenters. The van der Waals surface area contributed by atoms with Gasteiger partial charge in [0, 0.05) is 18.4 Å². The zero-order chi connectivity index (χ0) is 13.1. The number of rotatable bonds is 4. The lowest BCUT2D eigenvalue weighted by molar-refractivity contribution is 0.0926. The summed E-state index contributed by atoms with van der Waals surface area (Å²) in [5.74, 6) is 0.978. The molecular weight excluding hydrogens is 242 g/mol. The number of carbonyl (C=O) groups is 1. The topological polar surface area (TPSA) is 55.4 Å². The maximum absolute atomic E-state index is 11.6. The molecule has 0 fully saturated rings. The molecule has 19 heavy (non-hydrogen) atoms. The first-order valence-electron chi connectivity index (χ1n) is 6.12. The summed E-state index contributed by atoms with van der Waals surface area (Å²) >= 11 is 0. The summed E-state index contributed by atoms with van der Waals surface area (Å²) in [5, 5.41) is 3.86. The zero-order valence-electron chi connectivity index (χ0n) is 10.3. The molecule has 1 aromatic carbocycles. The second-order valence-corrected chi connectivity index (χ2v) is 4.23. The first-order valence-corrected chi connectivity index (χ1v) is 6.12. The van der Waals surface area contributed by atoms with Gasteiger partial charge < -0.3 is 14.2 Å². The quantitative estimate of drug-likeness (QED) is 0.779. The third-order valence-corrected chi connectivity index (χ3v) is 2.88. The number of hydrogen-bond donors (Lipinski definition) is 1. The van der Waals surface area contributed by atoms with Crippen molar-refractivity contribution in [2.24, 2.45) is 0 Å². The number of nitrogens with one attached hydrogen (secondary N) is 1. The van der Waals surface area contributed by atoms with Crippen LogP contribution in [0.5, 0.6) is 0 Å². The van der Waals surface area contributed by atoms with Gasteiger partial charge in [-0.2, -0.15) is 0 Å². The fourth-order valence-electron chi connectivity index (χ4n) is 1.95. The van der Waals surface area contributed by atoms with E-state index in [1.54, 1.807) is 12.1 Å². The lowest BCUT2D eigenvalue weighted by Gasteiger charge is -2.00. The van der Waals surface area contributed by atoms with Crippen LogP contribution in [0.4, 0.5) is 0 Å². The highest BCUT2D eigenvalue weighted by Crippen LogP contribution is 2.18. The van der Waals surface area contributed by atoms with E-state index in [0.717, 1.165) is 16.7 Å². The van der Waals surface area contributed by atoms with Crippen molar-refractivity contribution in [1.82, 2.24) is 5.32 Å². The average Bonchev–Trinajstić information content (AvgIpc) is 3.07. The van der Waals surface area contributed by atoms with Gasteiger partial charge >= 0.3 is 0 Å². The molecule has 0 saturated carbocycles. The van der Waals surface area contributed by atoms with Gasteiger partial charge in [0.1, 0.15) is 11.3 Å². The molecule has 0 aliphatic heterocycles. The minimum Gasteiger partial charge on any atom is -0.461 e. The number of hydrogen-bond acceptors (Lipinski definition) is 3. The summed E-state index contributed by atoms with van der Waals surface area (Å²) in [4.78, 5) is 11.6. The maximum atomic E-state index is 11.6. The van der Waals surface area contributed by atoms with E-state index in [4.69, 9.17) is 8.83 Å². The molecular formula is C15H13NO3. The highest BCUT2D eigenvalue weighted by atomic mass is 16.3. The van der Waals surface area contributed by atoms with Crippen LogP contribution in [0.3, 0.4) is 0 Å². The third kappa shape index (κ3) is 2.52. The van der Waals surface area contributed by atoms with Crippen LogP contribution < -0.4 is 5.32 Å². The molecule has 2 aromatic heterocycles. The molecule has 0 spiro atoms. The van der Waals surface area contributed by atoms with E-state index in [-0.39, 0.29) is 5.91 Å². The molecule has 0 saturated heterocycles. The molecule has 0 unspecified atom stereocenters. The van der Waals surface area contributed by atoms with E-state index in [1.165, 1.54) is 6.26 Å². The Bertz CT molecular complexity index is 649. The molecule has 3 rings (SSSR count). The predicted molar refractivity (Wildman–Crippen MR) is 71.0 cm³/mol. The van der Waals surface area contributed by atoms with Crippen molar-refractivity contribution < 1.29 is 13.6 Å². The van der Waals surface area contributed by atoms with Crippen LogP contribution in [-0.2, 0) is 6.42 Å². The van der Waals surface area contributed by atoms with Crippen LogP contribution in [0, 0.1) is 0 Å². The molecule has 4 nitrogen and oxygen atoms in total. The van der Waals surface area contributed by atoms with Crippen molar-refractivity contribution in [2.75, 3.05) is 6.54 Å². The summed E-state index contributed by atoms with van der Waals surface area (Å²) in [6, 6.07) is 13.2. The average molecular weight is 255 g/mol. The predicted octanol–water partition coefficient (Wildman–Crippen LogP) is 3.00. The first kappa shape index (κ1) is 11.6. The molecule has 0 aliphatic rings. The summed E-state index contributed by atoms with van der Waals surface area (Å²) in [6.07, 6.45) is 2.13. The molecule has 96 valence electrons. The number of para-hydroxylation sites is 1. The molecule has 3 aromatic rings. The van der Waals surface area contributed by atoms with Gasteiger partial charge in [0.15, 0.2) is 5.76 Å². The Hall–Kier alpha value is -2.49. The van der Waals surface area contributed by atoms with E-state index in [1.807, 2.05) is 30.3 Å². The molecule has 1 amide bonds. The summed E-state index contributed by atoms with van der Waals surface area (Å²) in [7, 11) is 0. The Labute approximate surface area is 110 Å². The summed E-state index contributed by atoms with van der Waals surface area (Å²) < 4.78 is 10.7. The monoisotopic (exact) mass is 255 g/mol. The van der Waals surface area contributed by atoms with Crippen molar-refractivity contribution in [1.29, 1.82) is 0 Å². The Morgan fingerprint density at radius 2 is 2.05 bits per heavy atom. The van der Waals surface area contributed by atoms with Crippen LogP contribution in [0.1, 0.15) is 16.3 Å². The van der Waals surface area contributed by atoms with Gasteiger partial charge in [-0.1, -0.05) is 18.2 Å². The SMILES string of the molecule is O=C(NCCc1cc2ccccc2o1)c1ccco1. The first-order chi connectivity index (χ1) is 9.33. The summed E-state index contributed by atoms with van der Waals surface area (Å²) in [6.45, 7) is 0.513. The van der Waals surface area contributed by atoms with E-state index in [9.17, 15) is 4.79 Å². The second kappa shape index (κ2) is 5.02. The number of furan rings is 2. The highest BCUT2D eigenvalue weighted by molar-refractivity contribution is 5.91. The van der Waals surface area contributed by atoms with E-state index >= 15 is 0 Å². The van der Waals surface area contributed by atoms with Gasteiger partial charge in [0.2, 0.25) is 0 Å². The van der Waals surface area contributed by atoms with Gasteiger partial charge in [-0.3, -0.25) is 4.79 Å². The van der Waals surface area contributed by atoms with Gasteiger partial charge in [-0.05, 0) is 24.3 Å². The second-order valence-electron chi connectivity index (χ2n) is 4.23. The van der Waals surface area contributed by atoms with Crippen molar-refractivity contribution in [2.45, 2.75) is 6.42 Å². The normalized spacial score (nSPS) is 10.7. The Morgan fingerprint density at radius 3 is 2.84 bits per heavy atom. The van der Waals surface area contributed by atoms with Gasteiger partial charge in [-0.15, -0.1) is 0 Å². The smallest absolute Gasteiger partial charge is 0.286 e. The van der Waals surface area contributed by atoms with Crippen molar-refractivity contribution in [3.05, 3.63) is 60.2 Å². The van der Waals surface area contributed by atoms with Crippen LogP contribution >= 0.6 is 0 Å². The van der Waals surface area contributed by atoms with Crippen LogP contribution in [0.2, 0.25) is 0 Å². The van der Waals surface area contributed by atoms with Crippen LogP contribution in [0.15, 0.2) is 57.6 Å². The van der Waals surface area contributed by atoms with Crippen LogP contribution in [0.25, 0.3) is 11.0 Å². The van der Waals surface area contributed by atoms with Gasteiger partial charge in [0.05, 0.1) is 6.26 Å². The molecule has 2 heterocycles. The molecule has 0 bridgehead atoms. The van der Waals surface area contributed by atoms with Crippen molar-refractivity contribution in [3.8, 4) is 0 Å². The van der Waals surface area contributed by atoms with Gasteiger partial charge in [0.25, 0.3) is 5.91 Å². The lowest BCUT2D eigenvalue weighted by atomic mass is 10.2. The fraction of sp³-hybridized carbons (Fsp3) is 0.133. The minimum absolute atomic E-state index is 0.207. The number of carbonyl (C=O) groups excluding carboxylic acids is 1. The van der Waals surface area contributed by atoms with Crippen molar-refractivity contribution in [3.63, 3.8) is 0 Å². The standard InChI is InChI=1S/C15H13NO3/c17-15(14-6-3-9-18-14)16-8-7-12-10-11-4-1-2-5-13(11)19-12/h1-6,9-10H,7-8H2,(H,16,17). The number of fused-ring (bicyclic) bond motifs is 1. The Kier molecular flexibility index (Phi) is 3.06. The molecule has 0 aliphatic carbocycles. The zero-order valence-corrected chi connectivity index (χ0v) is 10.3. The van der Waals surface area contributed by atoms with E-state index in [2.05, 4.69) is 5.32 Å². The maximum Gasteiger partial charge on any atom is 0.286 e. The largest absolute Gasteiger partial charge is 0.461 e.